The van der Waals surface area contributed by atoms with Crippen LogP contribution in [0.3, 0.4) is 0 Å². The molecule has 0 aliphatic carbocycles. The van der Waals surface area contributed by atoms with E-state index in [0.29, 0.717) is 5.56 Å². The number of carboxylic acids is 1. The predicted molar refractivity (Wildman–Crippen MR) is 88.5 cm³/mol. The van der Waals surface area contributed by atoms with Crippen LogP contribution < -0.4 is 5.48 Å². The van der Waals surface area contributed by atoms with Crippen LogP contribution in [0.15, 0.2) is 60.7 Å². The third kappa shape index (κ3) is 4.79. The van der Waals surface area contributed by atoms with Gasteiger partial charge in [0.1, 0.15) is 6.61 Å². The van der Waals surface area contributed by atoms with E-state index in [1.165, 1.54) is 7.11 Å². The number of benzene rings is 2. The van der Waals surface area contributed by atoms with Gasteiger partial charge in [-0.15, -0.1) is 0 Å². The molecule has 0 bridgehead atoms. The number of amides is 1. The van der Waals surface area contributed by atoms with Crippen LogP contribution in [0.1, 0.15) is 11.1 Å². The number of hydrogen-bond donors (Lipinski definition) is 2. The Morgan fingerprint density at radius 3 is 2.20 bits per heavy atom. The molecule has 0 saturated heterocycles. The monoisotopic (exact) mass is 345 g/mol. The van der Waals surface area contributed by atoms with Crippen molar-refractivity contribution in [3.8, 4) is 0 Å². The van der Waals surface area contributed by atoms with E-state index in [-0.39, 0.29) is 13.2 Å². The average Bonchev–Trinajstić information content (AvgIpc) is 2.64. The molecular formula is C18H19NO6. The summed E-state index contributed by atoms with van der Waals surface area (Å²) in [5.74, 6) is -1.30. The maximum atomic E-state index is 11.8. The Bertz CT molecular complexity index is 691. The molecule has 25 heavy (non-hydrogen) atoms. The Kier molecular flexibility index (Phi) is 6.50. The molecule has 7 heteroatoms. The number of hydroxylamine groups is 1. The topological polar surface area (TPSA) is 94.1 Å². The van der Waals surface area contributed by atoms with E-state index in [0.717, 1.165) is 5.56 Å². The van der Waals surface area contributed by atoms with Crippen LogP contribution in [-0.4, -0.2) is 30.9 Å². The summed E-state index contributed by atoms with van der Waals surface area (Å²) in [6.07, 6.45) is -0.901. The number of hydrogen-bond acceptors (Lipinski definition) is 5. The minimum Gasteiger partial charge on any atom is -0.479 e. The van der Waals surface area contributed by atoms with Gasteiger partial charge in [-0.05, 0) is 5.56 Å². The number of methoxy groups -OCH3 is 1. The minimum atomic E-state index is -1.89. The Morgan fingerprint density at radius 1 is 1.04 bits per heavy atom. The molecule has 2 aromatic carbocycles. The third-order valence-electron chi connectivity index (χ3n) is 3.45. The first-order chi connectivity index (χ1) is 12.1. The summed E-state index contributed by atoms with van der Waals surface area (Å²) < 4.78 is 10.00. The summed E-state index contributed by atoms with van der Waals surface area (Å²) in [7, 11) is 1.34. The van der Waals surface area contributed by atoms with Crippen LogP contribution in [-0.2, 0) is 31.3 Å². The lowest BCUT2D eigenvalue weighted by Crippen LogP contribution is -2.48. The van der Waals surface area contributed by atoms with Crippen LogP contribution in [0.25, 0.3) is 0 Å². The zero-order chi connectivity index (χ0) is 18.1. The number of ether oxygens (including phenoxy) is 2. The summed E-state index contributed by atoms with van der Waals surface area (Å²) in [4.78, 5) is 28.9. The van der Waals surface area contributed by atoms with E-state index in [1.807, 2.05) is 23.7 Å². The van der Waals surface area contributed by atoms with Crippen molar-refractivity contribution in [3.63, 3.8) is 0 Å². The third-order valence-corrected chi connectivity index (χ3v) is 3.45. The highest BCUT2D eigenvalue weighted by Crippen LogP contribution is 2.26. The second-order valence-electron chi connectivity index (χ2n) is 5.20. The van der Waals surface area contributed by atoms with Crippen molar-refractivity contribution in [1.82, 2.24) is 5.48 Å². The highest BCUT2D eigenvalue weighted by Gasteiger charge is 2.43. The molecule has 0 radical (unpaired) electrons. The minimum absolute atomic E-state index is 0.0335. The second-order valence-corrected chi connectivity index (χ2v) is 5.20. The normalized spacial score (nSPS) is 12.8. The van der Waals surface area contributed by atoms with Crippen molar-refractivity contribution in [3.05, 3.63) is 71.8 Å². The number of carbonyl (C=O) groups is 2. The van der Waals surface area contributed by atoms with Gasteiger partial charge in [0.05, 0.1) is 6.61 Å². The number of aliphatic carboxylic acids is 1. The molecule has 0 heterocycles. The maximum absolute atomic E-state index is 11.8. The zero-order valence-electron chi connectivity index (χ0n) is 13.7. The first-order valence-corrected chi connectivity index (χ1v) is 7.51. The van der Waals surface area contributed by atoms with E-state index in [2.05, 4.69) is 0 Å². The largest absolute Gasteiger partial charge is 0.479 e. The maximum Gasteiger partial charge on any atom is 0.431 e. The fourth-order valence-corrected chi connectivity index (χ4v) is 2.19. The van der Waals surface area contributed by atoms with Gasteiger partial charge in [-0.2, -0.15) is 5.48 Å². The first-order valence-electron chi connectivity index (χ1n) is 7.51. The Hall–Kier alpha value is -2.90. The molecule has 7 nitrogen and oxygen atoms in total. The van der Waals surface area contributed by atoms with Crippen molar-refractivity contribution < 1.29 is 29.0 Å². The number of carbonyl (C=O) groups excluding carboxylic acids is 1. The molecule has 0 aliphatic heterocycles. The van der Waals surface area contributed by atoms with E-state index in [4.69, 9.17) is 14.3 Å². The van der Waals surface area contributed by atoms with Gasteiger partial charge in [-0.3, -0.25) is 0 Å². The molecule has 0 aliphatic rings. The highest BCUT2D eigenvalue weighted by atomic mass is 16.7. The van der Waals surface area contributed by atoms with Crippen LogP contribution in [0, 0.1) is 0 Å². The number of nitrogens with one attached hydrogen (secondary N) is 1. The standard InChI is InChI=1S/C18H19NO6/c1-23-13-18(16(20)21,15-10-6-3-7-11-15)25-19-17(22)24-12-14-8-4-2-5-9-14/h2-11H,12-13H2,1H3,(H,19,22)(H,20,21)/t18-/m1/s1. The van der Waals surface area contributed by atoms with Crippen molar-refractivity contribution in [2.24, 2.45) is 0 Å². The molecule has 1 atom stereocenters. The van der Waals surface area contributed by atoms with Gasteiger partial charge in [-0.1, -0.05) is 60.7 Å². The molecule has 0 saturated carbocycles. The fraction of sp³-hybridized carbons (Fsp3) is 0.222. The van der Waals surface area contributed by atoms with Gasteiger partial charge in [0.2, 0.25) is 5.60 Å². The number of carboxylic acid groups (broad SMARTS) is 1. The van der Waals surface area contributed by atoms with Crippen LogP contribution in [0.4, 0.5) is 4.79 Å². The second kappa shape index (κ2) is 8.81. The van der Waals surface area contributed by atoms with Crippen molar-refractivity contribution >= 4 is 12.1 Å². The smallest absolute Gasteiger partial charge is 0.431 e. The molecule has 0 unspecified atom stereocenters. The Morgan fingerprint density at radius 2 is 1.64 bits per heavy atom. The molecule has 2 N–H and O–H groups in total. The molecule has 0 spiro atoms. The van der Waals surface area contributed by atoms with Gasteiger partial charge in [0, 0.05) is 12.7 Å². The molecule has 1 amide bonds. The van der Waals surface area contributed by atoms with Crippen LogP contribution in [0.2, 0.25) is 0 Å². The molecule has 0 fully saturated rings. The fourth-order valence-electron chi connectivity index (χ4n) is 2.19. The van der Waals surface area contributed by atoms with Crippen LogP contribution >= 0.6 is 0 Å². The van der Waals surface area contributed by atoms with E-state index in [9.17, 15) is 14.7 Å². The average molecular weight is 345 g/mol. The summed E-state index contributed by atoms with van der Waals surface area (Å²) in [6, 6.07) is 17.3. The summed E-state index contributed by atoms with van der Waals surface area (Å²) in [6.45, 7) is -0.267. The van der Waals surface area contributed by atoms with Gasteiger partial charge in [0.25, 0.3) is 0 Å². The predicted octanol–water partition coefficient (Wildman–Crippen LogP) is 2.47. The molecule has 2 rings (SSSR count). The highest BCUT2D eigenvalue weighted by molar-refractivity contribution is 5.80. The lowest BCUT2D eigenvalue weighted by molar-refractivity contribution is -0.187. The van der Waals surface area contributed by atoms with Crippen LogP contribution in [0.5, 0.6) is 0 Å². The SMILES string of the molecule is COC[C@](ONC(=O)OCc1ccccc1)(C(=O)O)c1ccccc1. The van der Waals surface area contributed by atoms with Crippen molar-refractivity contribution in [2.45, 2.75) is 12.2 Å². The number of rotatable bonds is 8. The molecular weight excluding hydrogens is 326 g/mol. The molecule has 2 aromatic rings. The van der Waals surface area contributed by atoms with E-state index in [1.54, 1.807) is 42.5 Å². The lowest BCUT2D eigenvalue weighted by atomic mass is 9.95. The first kappa shape index (κ1) is 18.4. The molecule has 0 aromatic heterocycles. The van der Waals surface area contributed by atoms with Crippen molar-refractivity contribution in [1.29, 1.82) is 0 Å². The van der Waals surface area contributed by atoms with Gasteiger partial charge >= 0.3 is 12.1 Å². The van der Waals surface area contributed by atoms with Crippen molar-refractivity contribution in [2.75, 3.05) is 13.7 Å². The van der Waals surface area contributed by atoms with Gasteiger partial charge in [-0.25, -0.2) is 14.4 Å². The van der Waals surface area contributed by atoms with Gasteiger partial charge < -0.3 is 14.6 Å². The Balaban J connectivity index is 2.04. The lowest BCUT2D eigenvalue weighted by Gasteiger charge is -2.28. The van der Waals surface area contributed by atoms with E-state index < -0.39 is 17.7 Å². The summed E-state index contributed by atoms with van der Waals surface area (Å²) >= 11 is 0. The quantitative estimate of drug-likeness (QED) is 0.714. The zero-order valence-corrected chi connectivity index (χ0v) is 13.7. The summed E-state index contributed by atoms with van der Waals surface area (Å²) in [5, 5.41) is 9.63. The van der Waals surface area contributed by atoms with E-state index >= 15 is 0 Å². The molecule has 132 valence electrons. The summed E-state index contributed by atoms with van der Waals surface area (Å²) in [5.41, 5.74) is 1.27. The van der Waals surface area contributed by atoms with Gasteiger partial charge in [0.15, 0.2) is 0 Å². The Labute approximate surface area is 145 Å².